The summed E-state index contributed by atoms with van der Waals surface area (Å²) in [7, 11) is 0. The van der Waals surface area contributed by atoms with Crippen molar-refractivity contribution in [1.29, 1.82) is 0 Å². The van der Waals surface area contributed by atoms with Crippen LogP contribution in [0.5, 0.6) is 0 Å². The van der Waals surface area contributed by atoms with Gasteiger partial charge in [0.05, 0.1) is 6.04 Å². The Labute approximate surface area is 175 Å². The second-order valence-corrected chi connectivity index (χ2v) is 9.03. The summed E-state index contributed by atoms with van der Waals surface area (Å²) in [4.78, 5) is 29.8. The molecule has 5 heteroatoms. The van der Waals surface area contributed by atoms with Crippen molar-refractivity contribution in [3.05, 3.63) is 35.9 Å². The van der Waals surface area contributed by atoms with Crippen LogP contribution < -0.4 is 5.32 Å². The second kappa shape index (κ2) is 10.8. The maximum Gasteiger partial charge on any atom is 0.237 e. The Bertz CT molecular complexity index is 647. The summed E-state index contributed by atoms with van der Waals surface area (Å²) in [6.45, 7) is 7.94. The fourth-order valence-electron chi connectivity index (χ4n) is 4.76. The molecular weight excluding hydrogens is 362 g/mol. The molecule has 1 heterocycles. The third-order valence-electron chi connectivity index (χ3n) is 6.31. The Balaban J connectivity index is 1.54. The van der Waals surface area contributed by atoms with E-state index in [-0.39, 0.29) is 17.9 Å². The van der Waals surface area contributed by atoms with Crippen LogP contribution in [0.4, 0.5) is 0 Å². The fraction of sp³-hybridized carbons (Fsp3) is 0.667. The monoisotopic (exact) mass is 399 g/mol. The van der Waals surface area contributed by atoms with Gasteiger partial charge in [0.2, 0.25) is 11.8 Å². The number of nitrogens with one attached hydrogen (secondary N) is 1. The normalized spacial score (nSPS) is 19.5. The minimum absolute atomic E-state index is 0.0457. The lowest BCUT2D eigenvalue weighted by Crippen LogP contribution is -2.58. The van der Waals surface area contributed by atoms with Crippen LogP contribution in [0.2, 0.25) is 0 Å². The summed E-state index contributed by atoms with van der Waals surface area (Å²) in [5.74, 6) is 1.27. The molecule has 0 radical (unpaired) electrons. The minimum atomic E-state index is -0.0457. The van der Waals surface area contributed by atoms with Crippen molar-refractivity contribution in [2.75, 3.05) is 32.7 Å². The third-order valence-corrected chi connectivity index (χ3v) is 6.31. The molecule has 1 aliphatic heterocycles. The highest BCUT2D eigenvalue weighted by Crippen LogP contribution is 2.31. The van der Waals surface area contributed by atoms with Crippen molar-refractivity contribution < 1.29 is 9.59 Å². The van der Waals surface area contributed by atoms with Crippen molar-refractivity contribution in [2.45, 2.75) is 58.4 Å². The quantitative estimate of drug-likeness (QED) is 0.731. The van der Waals surface area contributed by atoms with Gasteiger partial charge in [-0.15, -0.1) is 0 Å². The topological polar surface area (TPSA) is 52.7 Å². The fourth-order valence-corrected chi connectivity index (χ4v) is 4.76. The smallest absolute Gasteiger partial charge is 0.237 e. The molecule has 1 aromatic rings. The van der Waals surface area contributed by atoms with E-state index in [1.54, 1.807) is 0 Å². The van der Waals surface area contributed by atoms with Gasteiger partial charge >= 0.3 is 0 Å². The van der Waals surface area contributed by atoms with Crippen LogP contribution in [0.3, 0.4) is 0 Å². The summed E-state index contributed by atoms with van der Waals surface area (Å²) in [5.41, 5.74) is 1.25. The molecule has 0 bridgehead atoms. The first-order chi connectivity index (χ1) is 14.0. The van der Waals surface area contributed by atoms with Gasteiger partial charge < -0.3 is 10.2 Å². The van der Waals surface area contributed by atoms with Crippen LogP contribution in [-0.2, 0) is 16.0 Å². The van der Waals surface area contributed by atoms with Crippen molar-refractivity contribution in [1.82, 2.24) is 15.1 Å². The molecule has 1 aliphatic carbocycles. The van der Waals surface area contributed by atoms with E-state index < -0.39 is 0 Å². The summed E-state index contributed by atoms with van der Waals surface area (Å²) < 4.78 is 0. The zero-order valence-electron chi connectivity index (χ0n) is 18.1. The lowest BCUT2D eigenvalue weighted by Gasteiger charge is -2.41. The highest BCUT2D eigenvalue weighted by atomic mass is 16.2. The lowest BCUT2D eigenvalue weighted by molar-refractivity contribution is -0.135. The van der Waals surface area contributed by atoms with Gasteiger partial charge in [0.1, 0.15) is 0 Å². The van der Waals surface area contributed by atoms with Gasteiger partial charge in [0.15, 0.2) is 0 Å². The van der Waals surface area contributed by atoms with Gasteiger partial charge in [-0.1, -0.05) is 57.0 Å². The van der Waals surface area contributed by atoms with Crippen molar-refractivity contribution in [3.63, 3.8) is 0 Å². The molecule has 3 rings (SSSR count). The SMILES string of the molecule is CC(C)CC(=O)N1CCN(C(C(=O)NCCc2ccccc2)C2CCCC2)CC1. The van der Waals surface area contributed by atoms with Crippen molar-refractivity contribution >= 4 is 11.8 Å². The molecule has 2 fully saturated rings. The van der Waals surface area contributed by atoms with E-state index in [4.69, 9.17) is 0 Å². The van der Waals surface area contributed by atoms with E-state index in [0.29, 0.717) is 24.8 Å². The maximum absolute atomic E-state index is 13.1. The first kappa shape index (κ1) is 21.8. The summed E-state index contributed by atoms with van der Waals surface area (Å²) in [5, 5.41) is 3.20. The van der Waals surface area contributed by atoms with Crippen LogP contribution in [0.15, 0.2) is 30.3 Å². The largest absolute Gasteiger partial charge is 0.354 e. The van der Waals surface area contributed by atoms with Gasteiger partial charge in [0.25, 0.3) is 0 Å². The van der Waals surface area contributed by atoms with Gasteiger partial charge in [-0.2, -0.15) is 0 Å². The van der Waals surface area contributed by atoms with Crippen LogP contribution in [0.25, 0.3) is 0 Å². The molecule has 5 nitrogen and oxygen atoms in total. The second-order valence-electron chi connectivity index (χ2n) is 9.03. The van der Waals surface area contributed by atoms with Crippen LogP contribution in [0.1, 0.15) is 51.5 Å². The number of hydrogen-bond acceptors (Lipinski definition) is 3. The number of nitrogens with zero attached hydrogens (tertiary/aromatic N) is 2. The Hall–Kier alpha value is -1.88. The maximum atomic E-state index is 13.1. The molecule has 1 saturated heterocycles. The molecule has 1 unspecified atom stereocenters. The molecule has 2 amide bonds. The number of amides is 2. The number of piperazine rings is 1. The summed E-state index contributed by atoms with van der Waals surface area (Å²) >= 11 is 0. The van der Waals surface area contributed by atoms with Crippen molar-refractivity contribution in [2.24, 2.45) is 11.8 Å². The number of carbonyl (C=O) groups is 2. The minimum Gasteiger partial charge on any atom is -0.354 e. The van der Waals surface area contributed by atoms with E-state index >= 15 is 0 Å². The predicted molar refractivity (Wildman–Crippen MR) is 117 cm³/mol. The average Bonchev–Trinajstić information content (AvgIpc) is 3.23. The lowest BCUT2D eigenvalue weighted by atomic mass is 9.94. The number of benzene rings is 1. The molecule has 0 aromatic heterocycles. The first-order valence-electron chi connectivity index (χ1n) is 11.4. The predicted octanol–water partition coefficient (Wildman–Crippen LogP) is 3.09. The average molecular weight is 400 g/mol. The Morgan fingerprint density at radius 2 is 1.69 bits per heavy atom. The van der Waals surface area contributed by atoms with Gasteiger partial charge in [-0.25, -0.2) is 0 Å². The highest BCUT2D eigenvalue weighted by Gasteiger charge is 2.37. The Morgan fingerprint density at radius 3 is 2.31 bits per heavy atom. The molecule has 1 atom stereocenters. The highest BCUT2D eigenvalue weighted by molar-refractivity contribution is 5.82. The van der Waals surface area contributed by atoms with Crippen LogP contribution >= 0.6 is 0 Å². The van der Waals surface area contributed by atoms with Crippen LogP contribution in [0, 0.1) is 11.8 Å². The summed E-state index contributed by atoms with van der Waals surface area (Å²) in [6, 6.07) is 10.3. The van der Waals surface area contributed by atoms with Crippen LogP contribution in [-0.4, -0.2) is 60.4 Å². The number of rotatable bonds is 8. The molecule has 1 aromatic carbocycles. The molecule has 1 N–H and O–H groups in total. The van der Waals surface area contributed by atoms with Gasteiger partial charge in [-0.05, 0) is 36.7 Å². The van der Waals surface area contributed by atoms with E-state index in [1.165, 1.54) is 18.4 Å². The van der Waals surface area contributed by atoms with E-state index in [9.17, 15) is 9.59 Å². The molecule has 2 aliphatic rings. The molecule has 29 heavy (non-hydrogen) atoms. The number of carbonyl (C=O) groups excluding carboxylic acids is 2. The zero-order valence-corrected chi connectivity index (χ0v) is 18.1. The number of hydrogen-bond donors (Lipinski definition) is 1. The Kier molecular flexibility index (Phi) is 8.10. The standard InChI is InChI=1S/C24H37N3O2/c1-19(2)18-22(28)26-14-16-27(17-15-26)23(21-10-6-7-11-21)24(29)25-13-12-20-8-4-3-5-9-20/h3-5,8-9,19,21,23H,6-7,10-18H2,1-2H3,(H,25,29). The molecule has 1 saturated carbocycles. The van der Waals surface area contributed by atoms with Gasteiger partial charge in [0, 0.05) is 39.1 Å². The summed E-state index contributed by atoms with van der Waals surface area (Å²) in [6.07, 6.45) is 6.22. The molecular formula is C24H37N3O2. The van der Waals surface area contributed by atoms with Gasteiger partial charge in [-0.3, -0.25) is 14.5 Å². The first-order valence-corrected chi connectivity index (χ1v) is 11.4. The van der Waals surface area contributed by atoms with E-state index in [0.717, 1.165) is 45.4 Å². The van der Waals surface area contributed by atoms with E-state index in [1.807, 2.05) is 23.1 Å². The van der Waals surface area contributed by atoms with E-state index in [2.05, 4.69) is 36.2 Å². The third kappa shape index (κ3) is 6.30. The zero-order chi connectivity index (χ0) is 20.6. The van der Waals surface area contributed by atoms with Crippen molar-refractivity contribution in [3.8, 4) is 0 Å². The Morgan fingerprint density at radius 1 is 1.03 bits per heavy atom. The molecule has 160 valence electrons. The molecule has 0 spiro atoms.